The fraction of sp³-hybridized carbons (Fsp3) is 0.438. The molecule has 2 rings (SSSR count). The Morgan fingerprint density at radius 2 is 2.20 bits per heavy atom. The van der Waals surface area contributed by atoms with Crippen LogP contribution in [0, 0.1) is 0 Å². The van der Waals surface area contributed by atoms with E-state index < -0.39 is 0 Å². The van der Waals surface area contributed by atoms with Crippen molar-refractivity contribution in [2.45, 2.75) is 45.9 Å². The smallest absolute Gasteiger partial charge is 0.240 e. The van der Waals surface area contributed by atoms with Crippen molar-refractivity contribution in [1.29, 1.82) is 0 Å². The maximum Gasteiger partial charge on any atom is 0.240 e. The van der Waals surface area contributed by atoms with Crippen molar-refractivity contribution in [3.05, 3.63) is 36.0 Å². The van der Waals surface area contributed by atoms with E-state index in [1.165, 1.54) is 0 Å². The molecule has 0 saturated carbocycles. The van der Waals surface area contributed by atoms with E-state index in [-0.39, 0.29) is 18.6 Å². The Balaban J connectivity index is 2.08. The number of hydrogen-bond acceptors (Lipinski definition) is 2. The Morgan fingerprint density at radius 3 is 2.90 bits per heavy atom. The van der Waals surface area contributed by atoms with Crippen LogP contribution in [0.5, 0.6) is 0 Å². The maximum absolute atomic E-state index is 12.0. The molecule has 4 heteroatoms. The average molecular weight is 274 g/mol. The summed E-state index contributed by atoms with van der Waals surface area (Å²) >= 11 is 0. The molecule has 2 N–H and O–H groups in total. The predicted molar refractivity (Wildman–Crippen MR) is 80.4 cm³/mol. The van der Waals surface area contributed by atoms with Crippen LogP contribution < -0.4 is 5.32 Å². The maximum atomic E-state index is 12.0. The van der Waals surface area contributed by atoms with Gasteiger partial charge in [-0.25, -0.2) is 0 Å². The molecule has 0 radical (unpaired) electrons. The fourth-order valence-electron chi connectivity index (χ4n) is 2.47. The van der Waals surface area contributed by atoms with Gasteiger partial charge < -0.3 is 15.0 Å². The summed E-state index contributed by atoms with van der Waals surface area (Å²) < 4.78 is 1.94. The summed E-state index contributed by atoms with van der Waals surface area (Å²) in [5.74, 6) is 0.0367. The van der Waals surface area contributed by atoms with Crippen molar-refractivity contribution in [3.8, 4) is 0 Å². The molecule has 0 spiro atoms. The third-order valence-electron chi connectivity index (χ3n) is 3.46. The first-order chi connectivity index (χ1) is 9.63. The normalized spacial score (nSPS) is 12.6. The minimum atomic E-state index is 0.0367. The number of aromatic nitrogens is 1. The van der Waals surface area contributed by atoms with Crippen molar-refractivity contribution in [2.75, 3.05) is 0 Å². The number of rotatable bonds is 6. The molecule has 20 heavy (non-hydrogen) atoms. The van der Waals surface area contributed by atoms with E-state index >= 15 is 0 Å². The van der Waals surface area contributed by atoms with E-state index in [1.54, 1.807) is 0 Å². The highest BCUT2D eigenvalue weighted by Gasteiger charge is 2.09. The third-order valence-corrected chi connectivity index (χ3v) is 3.46. The summed E-state index contributed by atoms with van der Waals surface area (Å²) in [6, 6.07) is 7.97. The zero-order chi connectivity index (χ0) is 14.5. The van der Waals surface area contributed by atoms with E-state index in [0.29, 0.717) is 6.54 Å². The number of nitrogens with one attached hydrogen (secondary N) is 1. The summed E-state index contributed by atoms with van der Waals surface area (Å²) in [6.45, 7) is 4.51. The molecule has 2 aromatic rings. The van der Waals surface area contributed by atoms with Crippen molar-refractivity contribution < 1.29 is 9.90 Å². The van der Waals surface area contributed by atoms with Crippen molar-refractivity contribution in [1.82, 2.24) is 9.88 Å². The van der Waals surface area contributed by atoms with Crippen LogP contribution in [0.25, 0.3) is 10.9 Å². The lowest BCUT2D eigenvalue weighted by Crippen LogP contribution is -2.34. The van der Waals surface area contributed by atoms with Gasteiger partial charge in [-0.05, 0) is 42.5 Å². The molecule has 0 fully saturated rings. The first-order valence-corrected chi connectivity index (χ1v) is 7.12. The van der Waals surface area contributed by atoms with Crippen LogP contribution in [0.3, 0.4) is 0 Å². The SMILES string of the molecule is CCCC(C)NC(=O)Cn1ccc2cc(CO)ccc21. The molecule has 0 aliphatic rings. The third kappa shape index (κ3) is 3.39. The number of amides is 1. The standard InChI is InChI=1S/C16H22N2O2/c1-3-4-12(2)17-16(20)10-18-8-7-14-9-13(11-19)5-6-15(14)18/h5-9,12,19H,3-4,10-11H2,1-2H3,(H,17,20). The average Bonchev–Trinajstić information content (AvgIpc) is 2.81. The van der Waals surface area contributed by atoms with Gasteiger partial charge in [0.1, 0.15) is 6.54 Å². The zero-order valence-electron chi connectivity index (χ0n) is 12.1. The van der Waals surface area contributed by atoms with E-state index in [4.69, 9.17) is 5.11 Å². The molecule has 0 saturated heterocycles. The number of carbonyl (C=O) groups excluding carboxylic acids is 1. The summed E-state index contributed by atoms with van der Waals surface area (Å²) in [4.78, 5) is 12.0. The molecular weight excluding hydrogens is 252 g/mol. The fourth-order valence-corrected chi connectivity index (χ4v) is 2.47. The van der Waals surface area contributed by atoms with Crippen LogP contribution in [0.15, 0.2) is 30.5 Å². The summed E-state index contributed by atoms with van der Waals surface area (Å²) in [7, 11) is 0. The Labute approximate surface area is 119 Å². The highest BCUT2D eigenvalue weighted by molar-refractivity contribution is 5.83. The quantitative estimate of drug-likeness (QED) is 0.850. The van der Waals surface area contributed by atoms with E-state index in [0.717, 1.165) is 29.3 Å². The van der Waals surface area contributed by atoms with Gasteiger partial charge in [0.25, 0.3) is 0 Å². The second kappa shape index (κ2) is 6.57. The second-order valence-corrected chi connectivity index (χ2v) is 5.25. The molecule has 4 nitrogen and oxygen atoms in total. The van der Waals surface area contributed by atoms with Crippen LogP contribution in [-0.2, 0) is 17.9 Å². The van der Waals surface area contributed by atoms with Crippen LogP contribution >= 0.6 is 0 Å². The van der Waals surface area contributed by atoms with Gasteiger partial charge in [-0.3, -0.25) is 4.79 Å². The minimum Gasteiger partial charge on any atom is -0.392 e. The number of carbonyl (C=O) groups is 1. The molecule has 1 aromatic heterocycles. The number of aliphatic hydroxyl groups excluding tert-OH is 1. The topological polar surface area (TPSA) is 54.3 Å². The Bertz CT molecular complexity index is 589. The summed E-state index contributed by atoms with van der Waals surface area (Å²) in [6.07, 6.45) is 3.98. The first-order valence-electron chi connectivity index (χ1n) is 7.12. The lowest BCUT2D eigenvalue weighted by Gasteiger charge is -2.13. The van der Waals surface area contributed by atoms with Crippen molar-refractivity contribution >= 4 is 16.8 Å². The summed E-state index contributed by atoms with van der Waals surface area (Å²) in [5, 5.41) is 13.2. The van der Waals surface area contributed by atoms with Gasteiger partial charge in [0.15, 0.2) is 0 Å². The first kappa shape index (κ1) is 14.6. The van der Waals surface area contributed by atoms with Gasteiger partial charge in [-0.2, -0.15) is 0 Å². The van der Waals surface area contributed by atoms with Gasteiger partial charge in [0, 0.05) is 17.8 Å². The molecule has 108 valence electrons. The number of aliphatic hydroxyl groups is 1. The zero-order valence-corrected chi connectivity index (χ0v) is 12.1. The van der Waals surface area contributed by atoms with Gasteiger partial charge >= 0.3 is 0 Å². The number of benzene rings is 1. The van der Waals surface area contributed by atoms with Crippen LogP contribution in [0.2, 0.25) is 0 Å². The molecular formula is C16H22N2O2. The molecule has 1 atom stereocenters. The largest absolute Gasteiger partial charge is 0.392 e. The lowest BCUT2D eigenvalue weighted by molar-refractivity contribution is -0.122. The Hall–Kier alpha value is -1.81. The lowest BCUT2D eigenvalue weighted by atomic mass is 10.2. The molecule has 0 aliphatic carbocycles. The van der Waals surface area contributed by atoms with E-state index in [9.17, 15) is 4.79 Å². The minimum absolute atomic E-state index is 0.0367. The number of fused-ring (bicyclic) bond motifs is 1. The van der Waals surface area contributed by atoms with E-state index in [1.807, 2.05) is 42.0 Å². The second-order valence-electron chi connectivity index (χ2n) is 5.25. The Morgan fingerprint density at radius 1 is 1.40 bits per heavy atom. The molecule has 1 amide bonds. The molecule has 0 aliphatic heterocycles. The molecule has 1 aromatic carbocycles. The van der Waals surface area contributed by atoms with Crippen LogP contribution in [-0.4, -0.2) is 21.6 Å². The number of hydrogen-bond donors (Lipinski definition) is 2. The van der Waals surface area contributed by atoms with Gasteiger partial charge in [0.05, 0.1) is 6.61 Å². The van der Waals surface area contributed by atoms with Gasteiger partial charge in [-0.15, -0.1) is 0 Å². The predicted octanol–water partition coefficient (Wildman–Crippen LogP) is 2.44. The van der Waals surface area contributed by atoms with Crippen LogP contribution in [0.1, 0.15) is 32.3 Å². The van der Waals surface area contributed by atoms with Crippen LogP contribution in [0.4, 0.5) is 0 Å². The summed E-state index contributed by atoms with van der Waals surface area (Å²) in [5.41, 5.74) is 1.90. The molecule has 1 heterocycles. The highest BCUT2D eigenvalue weighted by atomic mass is 16.3. The van der Waals surface area contributed by atoms with Gasteiger partial charge in [0.2, 0.25) is 5.91 Å². The van der Waals surface area contributed by atoms with Crippen molar-refractivity contribution in [2.24, 2.45) is 0 Å². The monoisotopic (exact) mass is 274 g/mol. The number of nitrogens with zero attached hydrogens (tertiary/aromatic N) is 1. The Kier molecular flexibility index (Phi) is 4.79. The van der Waals surface area contributed by atoms with Gasteiger partial charge in [-0.1, -0.05) is 19.4 Å². The molecule has 0 bridgehead atoms. The van der Waals surface area contributed by atoms with Crippen molar-refractivity contribution in [3.63, 3.8) is 0 Å². The van der Waals surface area contributed by atoms with E-state index in [2.05, 4.69) is 12.2 Å². The highest BCUT2D eigenvalue weighted by Crippen LogP contribution is 2.17. The molecule has 1 unspecified atom stereocenters.